The van der Waals surface area contributed by atoms with E-state index in [0.29, 0.717) is 17.9 Å². The highest BCUT2D eigenvalue weighted by atomic mass is 16.5. The van der Waals surface area contributed by atoms with Crippen molar-refractivity contribution in [2.75, 3.05) is 14.2 Å². The Kier molecular flexibility index (Phi) is 7.60. The summed E-state index contributed by atoms with van der Waals surface area (Å²) in [7, 11) is 2.94. The van der Waals surface area contributed by atoms with Gasteiger partial charge in [0.25, 0.3) is 5.91 Å². The average Bonchev–Trinajstić information content (AvgIpc) is 2.82. The smallest absolute Gasteiger partial charge is 0.307 e. The topological polar surface area (TPSA) is 68.7 Å². The second-order valence-corrected chi connectivity index (χ2v) is 7.68. The number of benzene rings is 2. The van der Waals surface area contributed by atoms with E-state index in [-0.39, 0.29) is 12.3 Å². The summed E-state index contributed by atoms with van der Waals surface area (Å²) >= 11 is 0. The molecule has 0 aliphatic rings. The molecule has 1 amide bonds. The van der Waals surface area contributed by atoms with Gasteiger partial charge in [-0.15, -0.1) is 0 Å². The third kappa shape index (κ3) is 5.52. The molecule has 1 aromatic heterocycles. The number of nitrogens with zero attached hydrogens (tertiary/aromatic N) is 2. The molecule has 6 nitrogen and oxygen atoms in total. The van der Waals surface area contributed by atoms with Crippen LogP contribution in [-0.2, 0) is 16.1 Å². The Bertz CT molecular complexity index is 1080. The fourth-order valence-corrected chi connectivity index (χ4v) is 3.55. The number of rotatable bonds is 8. The first-order valence-electron chi connectivity index (χ1n) is 10.4. The molecule has 0 saturated carbocycles. The highest BCUT2D eigenvalue weighted by molar-refractivity contribution is 5.95. The van der Waals surface area contributed by atoms with Gasteiger partial charge in [-0.05, 0) is 48.7 Å². The molecule has 0 N–H and O–H groups in total. The van der Waals surface area contributed by atoms with E-state index in [1.165, 1.54) is 7.11 Å². The fourth-order valence-electron chi connectivity index (χ4n) is 3.55. The number of esters is 1. The van der Waals surface area contributed by atoms with Crippen LogP contribution in [0.2, 0.25) is 0 Å². The van der Waals surface area contributed by atoms with E-state index in [0.717, 1.165) is 22.3 Å². The van der Waals surface area contributed by atoms with Crippen LogP contribution < -0.4 is 4.74 Å². The van der Waals surface area contributed by atoms with Crippen molar-refractivity contribution in [2.45, 2.75) is 32.9 Å². The number of hydrogen-bond donors (Lipinski definition) is 0. The lowest BCUT2D eigenvalue weighted by atomic mass is 9.98. The minimum absolute atomic E-state index is 0.0145. The molecular formula is C26H28N2O4. The van der Waals surface area contributed by atoms with Crippen LogP contribution in [0.15, 0.2) is 67.0 Å². The van der Waals surface area contributed by atoms with E-state index in [2.05, 4.69) is 4.98 Å². The highest BCUT2D eigenvalue weighted by Crippen LogP contribution is 2.31. The molecule has 0 aliphatic carbocycles. The van der Waals surface area contributed by atoms with Crippen molar-refractivity contribution >= 4 is 11.9 Å². The molecule has 1 heterocycles. The molecule has 0 bridgehead atoms. The zero-order valence-electron chi connectivity index (χ0n) is 18.9. The van der Waals surface area contributed by atoms with Crippen LogP contribution in [-0.4, -0.2) is 36.0 Å². The van der Waals surface area contributed by atoms with Gasteiger partial charge < -0.3 is 14.4 Å². The van der Waals surface area contributed by atoms with Crippen molar-refractivity contribution in [1.29, 1.82) is 0 Å². The van der Waals surface area contributed by atoms with Crippen molar-refractivity contribution in [3.05, 3.63) is 94.8 Å². The Morgan fingerprint density at radius 3 is 2.44 bits per heavy atom. The van der Waals surface area contributed by atoms with Crippen LogP contribution in [0.25, 0.3) is 0 Å². The third-order valence-electron chi connectivity index (χ3n) is 5.45. The Morgan fingerprint density at radius 2 is 1.78 bits per heavy atom. The van der Waals surface area contributed by atoms with Crippen molar-refractivity contribution in [3.63, 3.8) is 0 Å². The SMILES string of the molecule is COC(=O)CC(c1cccc(OC)c1)N(Cc1ccc(C)cc1)C(=O)c1cnccc1C. The first-order valence-corrected chi connectivity index (χ1v) is 10.4. The molecule has 1 unspecified atom stereocenters. The predicted molar refractivity (Wildman–Crippen MR) is 122 cm³/mol. The highest BCUT2D eigenvalue weighted by Gasteiger charge is 2.30. The Morgan fingerprint density at radius 1 is 1.03 bits per heavy atom. The Labute approximate surface area is 188 Å². The maximum absolute atomic E-state index is 13.8. The van der Waals surface area contributed by atoms with Gasteiger partial charge >= 0.3 is 5.97 Å². The van der Waals surface area contributed by atoms with E-state index in [4.69, 9.17) is 9.47 Å². The van der Waals surface area contributed by atoms with Crippen LogP contribution in [0.1, 0.15) is 45.1 Å². The fraction of sp³-hybridized carbons (Fsp3) is 0.269. The van der Waals surface area contributed by atoms with Crippen LogP contribution in [0.3, 0.4) is 0 Å². The van der Waals surface area contributed by atoms with Gasteiger partial charge in [0.2, 0.25) is 0 Å². The van der Waals surface area contributed by atoms with E-state index >= 15 is 0 Å². The van der Waals surface area contributed by atoms with Gasteiger partial charge in [0, 0.05) is 18.9 Å². The first-order chi connectivity index (χ1) is 15.4. The summed E-state index contributed by atoms with van der Waals surface area (Å²) in [4.78, 5) is 32.0. The first kappa shape index (κ1) is 23.0. The van der Waals surface area contributed by atoms with Crippen LogP contribution in [0, 0.1) is 13.8 Å². The number of methoxy groups -OCH3 is 2. The van der Waals surface area contributed by atoms with Crippen molar-refractivity contribution in [2.24, 2.45) is 0 Å². The number of hydrogen-bond acceptors (Lipinski definition) is 5. The molecule has 0 radical (unpaired) electrons. The molecule has 6 heteroatoms. The summed E-state index contributed by atoms with van der Waals surface area (Å²) < 4.78 is 10.3. The van der Waals surface area contributed by atoms with Crippen LogP contribution in [0.4, 0.5) is 0 Å². The largest absolute Gasteiger partial charge is 0.497 e. The number of carbonyl (C=O) groups excluding carboxylic acids is 2. The average molecular weight is 433 g/mol. The lowest BCUT2D eigenvalue weighted by molar-refractivity contribution is -0.141. The van der Waals surface area contributed by atoms with E-state index in [9.17, 15) is 9.59 Å². The second kappa shape index (κ2) is 10.6. The number of carbonyl (C=O) groups is 2. The molecule has 0 fully saturated rings. The lowest BCUT2D eigenvalue weighted by Crippen LogP contribution is -2.36. The van der Waals surface area contributed by atoms with E-state index in [1.807, 2.05) is 62.4 Å². The van der Waals surface area contributed by atoms with Gasteiger partial charge in [0.15, 0.2) is 0 Å². The summed E-state index contributed by atoms with van der Waals surface area (Å²) in [5.41, 5.74) is 4.20. The minimum atomic E-state index is -0.550. The lowest BCUT2D eigenvalue weighted by Gasteiger charge is -2.32. The van der Waals surface area contributed by atoms with Gasteiger partial charge in [-0.2, -0.15) is 0 Å². The molecule has 3 aromatic rings. The number of aromatic nitrogens is 1. The van der Waals surface area contributed by atoms with Crippen LogP contribution in [0.5, 0.6) is 5.75 Å². The summed E-state index contributed by atoms with van der Waals surface area (Å²) in [5, 5.41) is 0. The quantitative estimate of drug-likeness (QED) is 0.485. The molecule has 0 spiro atoms. The standard InChI is InChI=1S/C26H28N2O4/c1-18-8-10-20(11-9-18)17-28(26(30)23-16-27-13-12-19(23)2)24(15-25(29)32-4)21-6-5-7-22(14-21)31-3/h5-14,16,24H,15,17H2,1-4H3. The maximum Gasteiger partial charge on any atom is 0.307 e. The number of pyridine rings is 1. The van der Waals surface area contributed by atoms with Crippen molar-refractivity contribution < 1.29 is 19.1 Å². The predicted octanol–water partition coefficient (Wildman–Crippen LogP) is 4.65. The summed E-state index contributed by atoms with van der Waals surface area (Å²) in [6.07, 6.45) is 3.24. The van der Waals surface area contributed by atoms with Gasteiger partial charge in [-0.25, -0.2) is 0 Å². The number of aryl methyl sites for hydroxylation is 2. The minimum Gasteiger partial charge on any atom is -0.497 e. The van der Waals surface area contributed by atoms with Crippen molar-refractivity contribution in [1.82, 2.24) is 9.88 Å². The Balaban J connectivity index is 2.10. The molecule has 166 valence electrons. The number of amides is 1. The summed E-state index contributed by atoms with van der Waals surface area (Å²) in [5.74, 6) is 0.0491. The van der Waals surface area contributed by atoms with E-state index < -0.39 is 12.0 Å². The zero-order chi connectivity index (χ0) is 23.1. The second-order valence-electron chi connectivity index (χ2n) is 7.68. The third-order valence-corrected chi connectivity index (χ3v) is 5.45. The van der Waals surface area contributed by atoms with Gasteiger partial charge in [-0.3, -0.25) is 14.6 Å². The summed E-state index contributed by atoms with van der Waals surface area (Å²) in [6.45, 7) is 4.22. The van der Waals surface area contributed by atoms with E-state index in [1.54, 1.807) is 30.5 Å². The van der Waals surface area contributed by atoms with Crippen LogP contribution >= 0.6 is 0 Å². The molecule has 32 heavy (non-hydrogen) atoms. The zero-order valence-corrected chi connectivity index (χ0v) is 18.9. The Hall–Kier alpha value is -3.67. The monoisotopic (exact) mass is 432 g/mol. The molecule has 0 saturated heterocycles. The number of ether oxygens (including phenoxy) is 2. The molecule has 1 atom stereocenters. The summed E-state index contributed by atoms with van der Waals surface area (Å²) in [6, 6.07) is 16.7. The van der Waals surface area contributed by atoms with Gasteiger partial charge in [0.1, 0.15) is 5.75 Å². The maximum atomic E-state index is 13.8. The van der Waals surface area contributed by atoms with Gasteiger partial charge in [-0.1, -0.05) is 42.0 Å². The molecule has 3 rings (SSSR count). The van der Waals surface area contributed by atoms with Gasteiger partial charge in [0.05, 0.1) is 32.2 Å². The van der Waals surface area contributed by atoms with Crippen molar-refractivity contribution in [3.8, 4) is 5.75 Å². The molecule has 0 aliphatic heterocycles. The normalized spacial score (nSPS) is 11.5. The molecular weight excluding hydrogens is 404 g/mol. The molecule has 2 aromatic carbocycles.